The second-order valence-electron chi connectivity index (χ2n) is 4.03. The number of aryl methyl sites for hydroxylation is 1. The summed E-state index contributed by atoms with van der Waals surface area (Å²) >= 11 is 1.56. The highest BCUT2D eigenvalue weighted by Gasteiger charge is 2.28. The quantitative estimate of drug-likeness (QED) is 0.716. The molecule has 0 aliphatic carbocycles. The second kappa shape index (κ2) is 4.27. The molecular weight excluding hydrogens is 206 g/mol. The topological polar surface area (TPSA) is 20.3 Å². The Balaban J connectivity index is 2.03. The number of carbonyl (C=O) groups excluding carboxylic acids is 1. The zero-order chi connectivity index (χ0) is 10.8. The maximum atomic E-state index is 11.7. The fourth-order valence-corrected chi connectivity index (χ4v) is 2.59. The number of amides is 1. The van der Waals surface area contributed by atoms with Crippen molar-refractivity contribution in [2.75, 3.05) is 6.54 Å². The van der Waals surface area contributed by atoms with Crippen molar-refractivity contribution < 1.29 is 4.79 Å². The zero-order valence-electron chi connectivity index (χ0n) is 9.06. The summed E-state index contributed by atoms with van der Waals surface area (Å²) in [6, 6.07) is 8.28. The van der Waals surface area contributed by atoms with Crippen molar-refractivity contribution in [2.24, 2.45) is 5.92 Å². The van der Waals surface area contributed by atoms with Crippen LogP contribution < -0.4 is 0 Å². The van der Waals surface area contributed by atoms with E-state index in [0.717, 1.165) is 17.9 Å². The Labute approximate surface area is 94.8 Å². The van der Waals surface area contributed by atoms with E-state index in [1.54, 1.807) is 11.9 Å². The molecule has 1 aliphatic heterocycles. The summed E-state index contributed by atoms with van der Waals surface area (Å²) in [5.74, 6) is 0.462. The maximum absolute atomic E-state index is 11.7. The molecule has 1 saturated heterocycles. The standard InChI is InChI=1S/C12H15NOS/c1-9-3-5-11(6-4-9)15-13-8-7-10(2)12(13)14/h3-6,10H,7-8H2,1-2H3. The highest BCUT2D eigenvalue weighted by Crippen LogP contribution is 2.29. The van der Waals surface area contributed by atoms with E-state index in [-0.39, 0.29) is 11.8 Å². The lowest BCUT2D eigenvalue weighted by Crippen LogP contribution is -2.18. The lowest BCUT2D eigenvalue weighted by Gasteiger charge is -2.14. The lowest BCUT2D eigenvalue weighted by atomic mass is 10.1. The largest absolute Gasteiger partial charge is 0.282 e. The molecule has 2 nitrogen and oxygen atoms in total. The van der Waals surface area contributed by atoms with Crippen molar-refractivity contribution >= 4 is 17.9 Å². The summed E-state index contributed by atoms with van der Waals surface area (Å²) in [6.45, 7) is 4.94. The van der Waals surface area contributed by atoms with Gasteiger partial charge in [-0.05, 0) is 37.4 Å². The van der Waals surface area contributed by atoms with Crippen LogP contribution in [0.2, 0.25) is 0 Å². The van der Waals surface area contributed by atoms with E-state index in [2.05, 4.69) is 31.2 Å². The molecular formula is C12H15NOS. The van der Waals surface area contributed by atoms with Gasteiger partial charge in [-0.25, -0.2) is 0 Å². The number of hydrogen-bond acceptors (Lipinski definition) is 2. The van der Waals surface area contributed by atoms with Gasteiger partial charge in [-0.15, -0.1) is 0 Å². The van der Waals surface area contributed by atoms with Gasteiger partial charge in [0.2, 0.25) is 5.91 Å². The van der Waals surface area contributed by atoms with Crippen molar-refractivity contribution in [2.45, 2.75) is 25.2 Å². The summed E-state index contributed by atoms with van der Waals surface area (Å²) in [5, 5.41) is 0. The SMILES string of the molecule is Cc1ccc(SN2CCC(C)C2=O)cc1. The first-order valence-electron chi connectivity index (χ1n) is 5.23. The van der Waals surface area contributed by atoms with Gasteiger partial charge in [0, 0.05) is 17.4 Å². The molecule has 1 unspecified atom stereocenters. The molecule has 1 aromatic rings. The van der Waals surface area contributed by atoms with Crippen LogP contribution in [0.3, 0.4) is 0 Å². The molecule has 1 fully saturated rings. The fourth-order valence-electron chi connectivity index (χ4n) is 1.61. The number of hydrogen-bond donors (Lipinski definition) is 0. The Kier molecular flexibility index (Phi) is 3.00. The highest BCUT2D eigenvalue weighted by molar-refractivity contribution is 7.97. The molecule has 1 heterocycles. The number of carbonyl (C=O) groups is 1. The molecule has 1 atom stereocenters. The highest BCUT2D eigenvalue weighted by atomic mass is 32.2. The molecule has 0 saturated carbocycles. The summed E-state index contributed by atoms with van der Waals surface area (Å²) in [4.78, 5) is 12.8. The van der Waals surface area contributed by atoms with E-state index in [9.17, 15) is 4.79 Å². The maximum Gasteiger partial charge on any atom is 0.235 e. The van der Waals surface area contributed by atoms with Crippen LogP contribution in [-0.2, 0) is 4.79 Å². The third kappa shape index (κ3) is 2.34. The van der Waals surface area contributed by atoms with E-state index >= 15 is 0 Å². The number of benzene rings is 1. The molecule has 15 heavy (non-hydrogen) atoms. The molecule has 3 heteroatoms. The minimum absolute atomic E-state index is 0.197. The van der Waals surface area contributed by atoms with Gasteiger partial charge in [-0.3, -0.25) is 9.10 Å². The lowest BCUT2D eigenvalue weighted by molar-refractivity contribution is -0.126. The first-order valence-corrected chi connectivity index (χ1v) is 6.00. The minimum atomic E-state index is 0.197. The predicted molar refractivity (Wildman–Crippen MR) is 62.5 cm³/mol. The monoisotopic (exact) mass is 221 g/mol. The van der Waals surface area contributed by atoms with Gasteiger partial charge in [-0.1, -0.05) is 24.6 Å². The van der Waals surface area contributed by atoms with E-state index in [4.69, 9.17) is 0 Å². The van der Waals surface area contributed by atoms with Crippen LogP contribution in [0.25, 0.3) is 0 Å². The van der Waals surface area contributed by atoms with Gasteiger partial charge in [0.15, 0.2) is 0 Å². The van der Waals surface area contributed by atoms with E-state index in [1.165, 1.54) is 5.56 Å². The Morgan fingerprint density at radius 3 is 2.53 bits per heavy atom. The third-order valence-electron chi connectivity index (χ3n) is 2.67. The molecule has 1 aliphatic rings. The molecule has 0 aromatic heterocycles. The number of nitrogens with zero attached hydrogens (tertiary/aromatic N) is 1. The Bertz CT molecular complexity index is 360. The smallest absolute Gasteiger partial charge is 0.235 e. The Morgan fingerprint density at radius 2 is 2.00 bits per heavy atom. The van der Waals surface area contributed by atoms with Crippen molar-refractivity contribution in [1.82, 2.24) is 4.31 Å². The van der Waals surface area contributed by atoms with Gasteiger partial charge in [0.05, 0.1) is 0 Å². The van der Waals surface area contributed by atoms with Gasteiger partial charge in [-0.2, -0.15) is 0 Å². The first kappa shape index (κ1) is 10.6. The first-order chi connectivity index (χ1) is 7.16. The van der Waals surface area contributed by atoms with Crippen LogP contribution in [-0.4, -0.2) is 16.8 Å². The van der Waals surface area contributed by atoms with Crippen molar-refractivity contribution in [3.63, 3.8) is 0 Å². The zero-order valence-corrected chi connectivity index (χ0v) is 9.88. The normalized spacial score (nSPS) is 21.1. The van der Waals surface area contributed by atoms with Crippen LogP contribution in [0.5, 0.6) is 0 Å². The van der Waals surface area contributed by atoms with Gasteiger partial charge in [0.25, 0.3) is 0 Å². The molecule has 0 radical (unpaired) electrons. The van der Waals surface area contributed by atoms with Crippen molar-refractivity contribution in [3.05, 3.63) is 29.8 Å². The van der Waals surface area contributed by atoms with Gasteiger partial charge >= 0.3 is 0 Å². The van der Waals surface area contributed by atoms with Crippen LogP contribution in [0.1, 0.15) is 18.9 Å². The number of rotatable bonds is 2. The molecule has 0 spiro atoms. The summed E-state index contributed by atoms with van der Waals surface area (Å²) in [5.41, 5.74) is 1.25. The average Bonchev–Trinajstić information content (AvgIpc) is 2.53. The molecule has 1 amide bonds. The summed E-state index contributed by atoms with van der Waals surface area (Å²) in [6.07, 6.45) is 0.984. The molecule has 0 bridgehead atoms. The van der Waals surface area contributed by atoms with Crippen LogP contribution in [0.15, 0.2) is 29.2 Å². The van der Waals surface area contributed by atoms with Gasteiger partial charge < -0.3 is 0 Å². The minimum Gasteiger partial charge on any atom is -0.282 e. The predicted octanol–water partition coefficient (Wildman–Crippen LogP) is 2.87. The molecule has 2 rings (SSSR count). The molecule has 80 valence electrons. The van der Waals surface area contributed by atoms with Gasteiger partial charge in [0.1, 0.15) is 0 Å². The Hall–Kier alpha value is -0.960. The van der Waals surface area contributed by atoms with E-state index in [0.29, 0.717) is 0 Å². The summed E-state index contributed by atoms with van der Waals surface area (Å²) in [7, 11) is 0. The fraction of sp³-hybridized carbons (Fsp3) is 0.417. The molecule has 0 N–H and O–H groups in total. The van der Waals surface area contributed by atoms with E-state index in [1.807, 2.05) is 11.2 Å². The molecule has 1 aromatic carbocycles. The van der Waals surface area contributed by atoms with Crippen molar-refractivity contribution in [1.29, 1.82) is 0 Å². The average molecular weight is 221 g/mol. The third-order valence-corrected chi connectivity index (χ3v) is 3.74. The summed E-state index contributed by atoms with van der Waals surface area (Å²) < 4.78 is 1.87. The second-order valence-corrected chi connectivity index (χ2v) is 5.13. The van der Waals surface area contributed by atoms with Crippen LogP contribution in [0.4, 0.5) is 0 Å². The van der Waals surface area contributed by atoms with Crippen molar-refractivity contribution in [3.8, 4) is 0 Å². The van der Waals surface area contributed by atoms with E-state index < -0.39 is 0 Å². The van der Waals surface area contributed by atoms with Crippen LogP contribution in [0, 0.1) is 12.8 Å². The van der Waals surface area contributed by atoms with Crippen LogP contribution >= 0.6 is 11.9 Å². The Morgan fingerprint density at radius 1 is 1.33 bits per heavy atom.